The zero-order chi connectivity index (χ0) is 27.1. The first kappa shape index (κ1) is 24.8. The van der Waals surface area contributed by atoms with Crippen LogP contribution in [0.25, 0.3) is 10.9 Å². The summed E-state index contributed by atoms with van der Waals surface area (Å²) >= 11 is 0. The number of amides is 1. The summed E-state index contributed by atoms with van der Waals surface area (Å²) in [5, 5.41) is 9.53. The number of hydrogen-bond donors (Lipinski definition) is 1. The van der Waals surface area contributed by atoms with Crippen molar-refractivity contribution in [3.63, 3.8) is 0 Å². The zero-order valence-corrected chi connectivity index (χ0v) is 21.3. The number of aromatic nitrogens is 2. The largest absolute Gasteiger partial charge is 0.477 e. The third-order valence-electron chi connectivity index (χ3n) is 7.53. The van der Waals surface area contributed by atoms with Gasteiger partial charge in [0.25, 0.3) is 5.91 Å². The fraction of sp³-hybridized carbons (Fsp3) is 0.267. The fourth-order valence-corrected chi connectivity index (χ4v) is 5.24. The van der Waals surface area contributed by atoms with Crippen molar-refractivity contribution < 1.29 is 23.7 Å². The second kappa shape index (κ2) is 9.98. The van der Waals surface area contributed by atoms with Crippen LogP contribution in [0.3, 0.4) is 0 Å². The number of piperazine rings is 1. The van der Waals surface area contributed by atoms with E-state index >= 15 is 4.39 Å². The van der Waals surface area contributed by atoms with Crippen LogP contribution < -0.4 is 14.9 Å². The SMILES string of the molecule is O=C(O)c1cn(C2CC2)c2cc(N3CCN(C(=O)c4cc[n+](Cc5ccccc5)cc4)CC3)c(F)cc2c1=O. The van der Waals surface area contributed by atoms with Gasteiger partial charge in [0.1, 0.15) is 11.4 Å². The Hall–Kier alpha value is -4.53. The van der Waals surface area contributed by atoms with Gasteiger partial charge >= 0.3 is 5.97 Å². The topological polar surface area (TPSA) is 86.7 Å². The molecule has 2 aromatic heterocycles. The number of carboxylic acids is 1. The van der Waals surface area contributed by atoms with Crippen molar-refractivity contribution in [3.8, 4) is 0 Å². The number of carbonyl (C=O) groups excluding carboxylic acids is 1. The van der Waals surface area contributed by atoms with Gasteiger partial charge in [-0.1, -0.05) is 30.3 Å². The summed E-state index contributed by atoms with van der Waals surface area (Å²) in [4.78, 5) is 41.1. The number of carboxylic acid groups (broad SMARTS) is 1. The molecule has 2 fully saturated rings. The number of rotatable bonds is 6. The average Bonchev–Trinajstić information content (AvgIpc) is 3.79. The second-order valence-corrected chi connectivity index (χ2v) is 10.2. The van der Waals surface area contributed by atoms with Crippen molar-refractivity contribution in [2.24, 2.45) is 0 Å². The number of benzene rings is 2. The van der Waals surface area contributed by atoms with E-state index in [1.807, 2.05) is 52.2 Å². The Labute approximate surface area is 224 Å². The third kappa shape index (κ3) is 4.87. The molecule has 1 aliphatic heterocycles. The molecule has 198 valence electrons. The van der Waals surface area contributed by atoms with Crippen LogP contribution in [-0.4, -0.2) is 52.6 Å². The molecule has 8 nitrogen and oxygen atoms in total. The highest BCUT2D eigenvalue weighted by Gasteiger charge is 2.29. The minimum atomic E-state index is -1.31. The van der Waals surface area contributed by atoms with E-state index in [2.05, 4.69) is 12.1 Å². The highest BCUT2D eigenvalue weighted by atomic mass is 19.1. The summed E-state index contributed by atoms with van der Waals surface area (Å²) < 4.78 is 19.1. The van der Waals surface area contributed by atoms with Gasteiger partial charge in [0.05, 0.1) is 16.8 Å². The van der Waals surface area contributed by atoms with Gasteiger partial charge in [-0.05, 0) is 25.0 Å². The van der Waals surface area contributed by atoms with E-state index in [-0.39, 0.29) is 22.9 Å². The third-order valence-corrected chi connectivity index (χ3v) is 7.53. The summed E-state index contributed by atoms with van der Waals surface area (Å²) in [7, 11) is 0. The van der Waals surface area contributed by atoms with Crippen LogP contribution in [0.4, 0.5) is 10.1 Å². The quantitative estimate of drug-likeness (QED) is 0.388. The molecule has 0 atom stereocenters. The highest BCUT2D eigenvalue weighted by Crippen LogP contribution is 2.38. The molecule has 2 aromatic carbocycles. The lowest BCUT2D eigenvalue weighted by molar-refractivity contribution is -0.688. The summed E-state index contributed by atoms with van der Waals surface area (Å²) in [6.45, 7) is 2.47. The summed E-state index contributed by atoms with van der Waals surface area (Å²) in [6.07, 6.45) is 6.95. The number of aromatic carboxylic acids is 1. The number of nitrogens with zero attached hydrogens (tertiary/aromatic N) is 4. The number of hydrogen-bond acceptors (Lipinski definition) is 4. The van der Waals surface area contributed by atoms with Crippen molar-refractivity contribution in [2.75, 3.05) is 31.1 Å². The maximum absolute atomic E-state index is 15.3. The Kier molecular flexibility index (Phi) is 6.34. The number of carbonyl (C=O) groups is 2. The smallest absolute Gasteiger partial charge is 0.341 e. The van der Waals surface area contributed by atoms with E-state index in [4.69, 9.17) is 0 Å². The van der Waals surface area contributed by atoms with Gasteiger partial charge in [0, 0.05) is 61.5 Å². The molecular weight excluding hydrogens is 499 g/mol. The lowest BCUT2D eigenvalue weighted by Crippen LogP contribution is -2.49. The predicted molar refractivity (Wildman–Crippen MR) is 144 cm³/mol. The molecule has 0 bridgehead atoms. The van der Waals surface area contributed by atoms with Gasteiger partial charge < -0.3 is 19.5 Å². The number of pyridine rings is 2. The van der Waals surface area contributed by atoms with Gasteiger partial charge in [-0.2, -0.15) is 0 Å². The first-order valence-electron chi connectivity index (χ1n) is 13.1. The van der Waals surface area contributed by atoms with E-state index < -0.39 is 17.2 Å². The first-order chi connectivity index (χ1) is 18.9. The molecule has 2 aliphatic rings. The normalized spacial score (nSPS) is 15.5. The summed E-state index contributed by atoms with van der Waals surface area (Å²) in [5.74, 6) is -1.95. The van der Waals surface area contributed by atoms with Crippen LogP contribution in [0, 0.1) is 5.82 Å². The maximum Gasteiger partial charge on any atom is 0.341 e. The molecule has 1 amide bonds. The van der Waals surface area contributed by atoms with Crippen LogP contribution in [0.15, 0.2) is 78.0 Å². The Balaban J connectivity index is 1.18. The van der Waals surface area contributed by atoms with Crippen molar-refractivity contribution >= 4 is 28.5 Å². The molecule has 0 spiro atoms. The molecule has 0 unspecified atom stereocenters. The number of fused-ring (bicyclic) bond motifs is 1. The molecule has 6 rings (SSSR count). The van der Waals surface area contributed by atoms with Crippen LogP contribution in [0.5, 0.6) is 0 Å². The Morgan fingerprint density at radius 2 is 1.67 bits per heavy atom. The molecule has 1 saturated heterocycles. The van der Waals surface area contributed by atoms with Gasteiger partial charge in [-0.25, -0.2) is 13.8 Å². The van der Waals surface area contributed by atoms with Gasteiger partial charge in [-0.3, -0.25) is 9.59 Å². The van der Waals surface area contributed by atoms with E-state index in [0.717, 1.165) is 25.5 Å². The summed E-state index contributed by atoms with van der Waals surface area (Å²) in [5.41, 5.74) is 1.65. The molecule has 4 aromatic rings. The molecule has 39 heavy (non-hydrogen) atoms. The molecule has 1 saturated carbocycles. The Morgan fingerprint density at radius 1 is 0.974 bits per heavy atom. The van der Waals surface area contributed by atoms with Crippen molar-refractivity contribution in [2.45, 2.75) is 25.4 Å². The minimum Gasteiger partial charge on any atom is -0.477 e. The number of halogens is 1. The summed E-state index contributed by atoms with van der Waals surface area (Å²) in [6, 6.07) is 16.7. The van der Waals surface area contributed by atoms with Gasteiger partial charge in [-0.15, -0.1) is 0 Å². The second-order valence-electron chi connectivity index (χ2n) is 10.2. The lowest BCUT2D eigenvalue weighted by atomic mass is 10.1. The Morgan fingerprint density at radius 3 is 2.31 bits per heavy atom. The maximum atomic E-state index is 15.3. The van der Waals surface area contributed by atoms with Crippen LogP contribution >= 0.6 is 0 Å². The minimum absolute atomic E-state index is 0.0655. The molecule has 9 heteroatoms. The lowest BCUT2D eigenvalue weighted by Gasteiger charge is -2.36. The number of anilines is 1. The van der Waals surface area contributed by atoms with Crippen molar-refractivity contribution in [1.29, 1.82) is 0 Å². The van der Waals surface area contributed by atoms with E-state index in [1.165, 1.54) is 11.8 Å². The molecule has 1 aliphatic carbocycles. The fourth-order valence-electron chi connectivity index (χ4n) is 5.24. The average molecular weight is 528 g/mol. The van der Waals surface area contributed by atoms with E-state index in [9.17, 15) is 19.5 Å². The Bertz CT molecular complexity index is 1620. The van der Waals surface area contributed by atoms with Gasteiger partial charge in [0.15, 0.2) is 18.9 Å². The molecule has 3 heterocycles. The van der Waals surface area contributed by atoms with Gasteiger partial charge in [0.2, 0.25) is 5.43 Å². The standard InChI is InChI=1S/C30H27FN4O4/c31-25-16-23-26(35(22-6-7-22)19-24(28(23)36)30(38)39)17-27(25)33-12-14-34(15-13-33)29(37)21-8-10-32(11-9-21)18-20-4-2-1-3-5-20/h1-5,8-11,16-17,19,22H,6-7,12-15,18H2/p+1. The van der Waals surface area contributed by atoms with Crippen molar-refractivity contribution in [1.82, 2.24) is 9.47 Å². The van der Waals surface area contributed by atoms with E-state index in [1.54, 1.807) is 15.5 Å². The molecule has 1 N–H and O–H groups in total. The first-order valence-corrected chi connectivity index (χ1v) is 13.1. The van der Waals surface area contributed by atoms with E-state index in [0.29, 0.717) is 42.9 Å². The van der Waals surface area contributed by atoms with Crippen molar-refractivity contribution in [3.05, 3.63) is 106 Å². The van der Waals surface area contributed by atoms with Crippen LogP contribution in [0.2, 0.25) is 0 Å². The van der Waals surface area contributed by atoms with Crippen LogP contribution in [-0.2, 0) is 6.54 Å². The predicted octanol–water partition coefficient (Wildman–Crippen LogP) is 3.47. The zero-order valence-electron chi connectivity index (χ0n) is 21.3. The molecule has 0 radical (unpaired) electrons. The monoisotopic (exact) mass is 527 g/mol. The van der Waals surface area contributed by atoms with Crippen LogP contribution in [0.1, 0.15) is 45.2 Å². The highest BCUT2D eigenvalue weighted by molar-refractivity contribution is 5.95. The molecular formula is C30H28FN4O4+.